The second-order valence-electron chi connectivity index (χ2n) is 8.67. The lowest BCUT2D eigenvalue weighted by Crippen LogP contribution is -2.35. The minimum atomic E-state index is -3.57. The number of hydrogen-bond donors (Lipinski definition) is 0. The third-order valence-electron chi connectivity index (χ3n) is 6.62. The van der Waals surface area contributed by atoms with Gasteiger partial charge in [0.15, 0.2) is 0 Å². The van der Waals surface area contributed by atoms with Gasteiger partial charge in [-0.05, 0) is 37.5 Å². The predicted octanol–water partition coefficient (Wildman–Crippen LogP) is 4.30. The Hall–Kier alpha value is -1.86. The highest BCUT2D eigenvalue weighted by Crippen LogP contribution is 2.51. The summed E-state index contributed by atoms with van der Waals surface area (Å²) in [5.74, 6) is -4.52. The fourth-order valence-electron chi connectivity index (χ4n) is 5.29. The van der Waals surface area contributed by atoms with Crippen LogP contribution >= 0.6 is 0 Å². The molecule has 4 aliphatic rings. The molecule has 2 saturated carbocycles. The zero-order valence-corrected chi connectivity index (χ0v) is 15.9. The van der Waals surface area contributed by atoms with Gasteiger partial charge in [-0.15, -0.1) is 0 Å². The zero-order chi connectivity index (χ0) is 20.8. The molecule has 2 fully saturated rings. The Morgan fingerprint density at radius 1 is 1.14 bits per heavy atom. The first-order chi connectivity index (χ1) is 13.7. The lowest BCUT2D eigenvalue weighted by molar-refractivity contribution is -0.160. The largest absolute Gasteiger partial charge is 0.465 e. The van der Waals surface area contributed by atoms with Crippen molar-refractivity contribution in [3.05, 3.63) is 23.8 Å². The molecule has 6 unspecified atom stereocenters. The van der Waals surface area contributed by atoms with E-state index in [-0.39, 0.29) is 29.8 Å². The monoisotopic (exact) mass is 416 g/mol. The van der Waals surface area contributed by atoms with E-state index in [9.17, 15) is 27.2 Å². The van der Waals surface area contributed by atoms with Crippen molar-refractivity contribution in [3.63, 3.8) is 0 Å². The van der Waals surface area contributed by atoms with Crippen molar-refractivity contribution in [3.8, 4) is 0 Å². The summed E-state index contributed by atoms with van der Waals surface area (Å²) < 4.78 is 61.6. The van der Waals surface area contributed by atoms with Crippen molar-refractivity contribution < 1.29 is 36.6 Å². The summed E-state index contributed by atoms with van der Waals surface area (Å²) in [5.41, 5.74) is 0.681. The van der Waals surface area contributed by atoms with Crippen LogP contribution in [-0.4, -0.2) is 37.0 Å². The first-order valence-electron chi connectivity index (χ1n) is 10.2. The topological polar surface area (TPSA) is 52.6 Å². The van der Waals surface area contributed by atoms with E-state index in [4.69, 9.17) is 9.47 Å². The summed E-state index contributed by atoms with van der Waals surface area (Å²) in [7, 11) is 0. The first-order valence-corrected chi connectivity index (χ1v) is 10.2. The number of rotatable bonds is 8. The molecular weight excluding hydrogens is 392 g/mol. The average Bonchev–Trinajstić information content (AvgIpc) is 3.40. The van der Waals surface area contributed by atoms with Crippen molar-refractivity contribution in [2.24, 2.45) is 29.6 Å². The highest BCUT2D eigenvalue weighted by atomic mass is 19.3. The van der Waals surface area contributed by atoms with Gasteiger partial charge in [0.05, 0.1) is 18.9 Å². The van der Waals surface area contributed by atoms with E-state index in [1.807, 2.05) is 12.2 Å². The molecule has 0 aromatic carbocycles. The molecule has 4 rings (SSSR count). The number of carbonyl (C=O) groups excluding carboxylic acids is 2. The normalized spacial score (nSPS) is 34.7. The van der Waals surface area contributed by atoms with E-state index in [1.54, 1.807) is 0 Å². The standard InChI is InChI=1S/C21H24F4O4/c22-18(23)10-21(24,25)3-4-28-19(26)16-8-12-7-15(16)17(9-12)29-20(27)14-6-11-1-2-13(14)5-11/h1-2,6,11-13,15-18H,3-5,7-10H2. The number of allylic oxidation sites excluding steroid dienone is 3. The molecule has 0 N–H and O–H groups in total. The molecular formula is C21H24F4O4. The summed E-state index contributed by atoms with van der Waals surface area (Å²) >= 11 is 0. The van der Waals surface area contributed by atoms with Crippen LogP contribution in [0.25, 0.3) is 0 Å². The molecule has 4 bridgehead atoms. The van der Waals surface area contributed by atoms with E-state index in [1.165, 1.54) is 0 Å². The Morgan fingerprint density at radius 3 is 2.55 bits per heavy atom. The van der Waals surface area contributed by atoms with Crippen molar-refractivity contribution in [2.75, 3.05) is 6.61 Å². The Morgan fingerprint density at radius 2 is 1.93 bits per heavy atom. The van der Waals surface area contributed by atoms with Gasteiger partial charge in [-0.3, -0.25) is 4.79 Å². The molecule has 0 heterocycles. The number of ether oxygens (including phenoxy) is 2. The molecule has 0 spiro atoms. The Balaban J connectivity index is 1.27. The molecule has 0 amide bonds. The lowest BCUT2D eigenvalue weighted by atomic mass is 9.86. The molecule has 0 saturated heterocycles. The van der Waals surface area contributed by atoms with Crippen LogP contribution in [0.15, 0.2) is 23.8 Å². The van der Waals surface area contributed by atoms with E-state index in [2.05, 4.69) is 6.08 Å². The van der Waals surface area contributed by atoms with Gasteiger partial charge in [0, 0.05) is 23.8 Å². The van der Waals surface area contributed by atoms with Crippen LogP contribution in [0.3, 0.4) is 0 Å². The molecule has 8 heteroatoms. The number of halogens is 4. The minimum Gasteiger partial charge on any atom is -0.465 e. The summed E-state index contributed by atoms with van der Waals surface area (Å²) in [6.45, 7) is -0.598. The maximum atomic E-state index is 13.3. The van der Waals surface area contributed by atoms with Crippen molar-refractivity contribution in [2.45, 2.75) is 57.0 Å². The third-order valence-corrected chi connectivity index (χ3v) is 6.62. The number of esters is 2. The third kappa shape index (κ3) is 4.36. The smallest absolute Gasteiger partial charge is 0.334 e. The molecule has 160 valence electrons. The van der Waals surface area contributed by atoms with E-state index < -0.39 is 43.7 Å². The van der Waals surface area contributed by atoms with Gasteiger partial charge in [0.1, 0.15) is 6.10 Å². The quantitative estimate of drug-likeness (QED) is 0.336. The molecule has 6 atom stereocenters. The van der Waals surface area contributed by atoms with Crippen LogP contribution in [0, 0.1) is 29.6 Å². The van der Waals surface area contributed by atoms with Crippen LogP contribution < -0.4 is 0 Å². The van der Waals surface area contributed by atoms with Gasteiger partial charge < -0.3 is 9.47 Å². The van der Waals surface area contributed by atoms with Gasteiger partial charge in [-0.25, -0.2) is 22.4 Å². The molecule has 0 aromatic rings. The van der Waals surface area contributed by atoms with Gasteiger partial charge in [-0.2, -0.15) is 0 Å². The predicted molar refractivity (Wildman–Crippen MR) is 94.2 cm³/mol. The highest BCUT2D eigenvalue weighted by Gasteiger charge is 2.52. The average molecular weight is 416 g/mol. The van der Waals surface area contributed by atoms with Crippen LogP contribution in [0.5, 0.6) is 0 Å². The van der Waals surface area contributed by atoms with Gasteiger partial charge in [-0.1, -0.05) is 18.2 Å². The summed E-state index contributed by atoms with van der Waals surface area (Å²) in [5, 5.41) is 0. The van der Waals surface area contributed by atoms with E-state index in [0.717, 1.165) is 12.8 Å². The van der Waals surface area contributed by atoms with Crippen LogP contribution in [0.4, 0.5) is 17.6 Å². The zero-order valence-electron chi connectivity index (χ0n) is 15.9. The van der Waals surface area contributed by atoms with E-state index >= 15 is 0 Å². The van der Waals surface area contributed by atoms with Crippen molar-refractivity contribution >= 4 is 11.9 Å². The van der Waals surface area contributed by atoms with Crippen LogP contribution in [0.1, 0.15) is 38.5 Å². The molecule has 29 heavy (non-hydrogen) atoms. The number of alkyl halides is 4. The van der Waals surface area contributed by atoms with Gasteiger partial charge >= 0.3 is 11.9 Å². The number of fused-ring (bicyclic) bond motifs is 4. The maximum Gasteiger partial charge on any atom is 0.334 e. The fraction of sp³-hybridized carbons (Fsp3) is 0.714. The molecule has 4 aliphatic carbocycles. The fourth-order valence-corrected chi connectivity index (χ4v) is 5.29. The minimum absolute atomic E-state index is 0.113. The summed E-state index contributed by atoms with van der Waals surface area (Å²) in [6, 6.07) is 0. The SMILES string of the molecule is O=C(OC1CC2CC(C(=O)OCCC(F)(F)CC(F)F)C1C2)C1=CC2C=CC1C2. The molecule has 0 aliphatic heterocycles. The summed E-state index contributed by atoms with van der Waals surface area (Å²) in [4.78, 5) is 24.9. The maximum absolute atomic E-state index is 13.3. The second kappa shape index (κ2) is 7.76. The lowest BCUT2D eigenvalue weighted by Gasteiger charge is -2.28. The highest BCUT2D eigenvalue weighted by molar-refractivity contribution is 5.91. The Bertz CT molecular complexity index is 732. The van der Waals surface area contributed by atoms with Crippen LogP contribution in [0.2, 0.25) is 0 Å². The van der Waals surface area contributed by atoms with Gasteiger partial charge in [0.25, 0.3) is 5.92 Å². The van der Waals surface area contributed by atoms with Crippen molar-refractivity contribution in [1.82, 2.24) is 0 Å². The van der Waals surface area contributed by atoms with Crippen LogP contribution in [-0.2, 0) is 19.1 Å². The number of hydrogen-bond acceptors (Lipinski definition) is 4. The Kier molecular flexibility index (Phi) is 5.46. The molecule has 0 radical (unpaired) electrons. The first kappa shape index (κ1) is 20.4. The summed E-state index contributed by atoms with van der Waals surface area (Å²) in [6.07, 6.45) is 3.02. The Labute approximate surface area is 166 Å². The molecule has 4 nitrogen and oxygen atoms in total. The van der Waals surface area contributed by atoms with E-state index in [0.29, 0.717) is 24.3 Å². The second-order valence-corrected chi connectivity index (χ2v) is 8.67. The molecule has 0 aromatic heterocycles. The number of carbonyl (C=O) groups is 2. The van der Waals surface area contributed by atoms with Gasteiger partial charge in [0.2, 0.25) is 6.43 Å². The van der Waals surface area contributed by atoms with Crippen molar-refractivity contribution in [1.29, 1.82) is 0 Å².